The van der Waals surface area contributed by atoms with E-state index in [2.05, 4.69) is 269 Å². The van der Waals surface area contributed by atoms with E-state index in [1.54, 1.807) is 0 Å². The first kappa shape index (κ1) is 46.4. The number of para-hydroxylation sites is 3. The van der Waals surface area contributed by atoms with E-state index in [-0.39, 0.29) is 0 Å². The molecule has 4 aromatic heterocycles. The van der Waals surface area contributed by atoms with E-state index in [9.17, 15) is 0 Å². The predicted molar refractivity (Wildman–Crippen MR) is 335 cm³/mol. The number of nitrogens with zero attached hydrogens (tertiary/aromatic N) is 6. The minimum atomic E-state index is 0.590. The molecule has 0 fully saturated rings. The molecule has 0 atom stereocenters. The van der Waals surface area contributed by atoms with E-state index in [4.69, 9.17) is 15.0 Å². The van der Waals surface area contributed by atoms with Crippen LogP contribution in [0.25, 0.3) is 145 Å². The lowest BCUT2D eigenvalue weighted by molar-refractivity contribution is 0.889. The standard InChI is InChI=1S/C75H50N6/c1-5-21-49(22-6-1)50-37-39-54(40-38-50)74-76-73(53-27-11-4-12-28-53)77-75(78-74)55-45-62(51-23-7-2-8-24-51)72(63(46-55)52-25-9-3-10-26-52)81-70-43-41-56(79-66-33-17-13-29-58(66)59-30-14-18-34-67(59)79)47-64(70)65-48-57(42-44-71(65)81)80-68-35-19-15-31-60(68)61-32-16-20-36-69(61)80/h1-19,21-35,37-48H,20,36H2. The van der Waals surface area contributed by atoms with Crippen LogP contribution in [0.3, 0.4) is 0 Å². The normalized spacial score (nSPS) is 12.3. The summed E-state index contributed by atoms with van der Waals surface area (Å²) in [5, 5.41) is 6.07. The average molecular weight is 1040 g/mol. The van der Waals surface area contributed by atoms with Crippen molar-refractivity contribution < 1.29 is 0 Å². The van der Waals surface area contributed by atoms with Gasteiger partial charge in [0.15, 0.2) is 17.5 Å². The van der Waals surface area contributed by atoms with Crippen molar-refractivity contribution in [3.8, 4) is 84.6 Å². The maximum absolute atomic E-state index is 5.39. The number of rotatable bonds is 9. The van der Waals surface area contributed by atoms with Crippen molar-refractivity contribution in [2.24, 2.45) is 0 Å². The van der Waals surface area contributed by atoms with Gasteiger partial charge in [-0.15, -0.1) is 0 Å². The van der Waals surface area contributed by atoms with Crippen molar-refractivity contribution in [2.45, 2.75) is 12.8 Å². The molecule has 380 valence electrons. The quantitative estimate of drug-likeness (QED) is 0.145. The fourth-order valence-electron chi connectivity index (χ4n) is 12.7. The van der Waals surface area contributed by atoms with Gasteiger partial charge in [0.2, 0.25) is 0 Å². The molecule has 0 unspecified atom stereocenters. The van der Waals surface area contributed by atoms with E-state index < -0.39 is 0 Å². The largest absolute Gasteiger partial charge is 0.313 e. The van der Waals surface area contributed by atoms with Crippen molar-refractivity contribution in [2.75, 3.05) is 0 Å². The Kier molecular flexibility index (Phi) is 10.9. The SMILES string of the molecule is C1=Cc2c(n(-c3ccc4c(c3)c3cc(-n5c6ccccc6c6ccccc65)ccc3n4-c3c(-c4ccccc4)cc(-c4nc(-c5ccccc5)nc(-c5ccc(-c6ccccc6)cc5)n4)cc3-c3ccccc3)c3ccccc23)CC1. The molecule has 1 aliphatic carbocycles. The van der Waals surface area contributed by atoms with E-state index in [1.807, 2.05) is 24.3 Å². The Morgan fingerprint density at radius 2 is 0.679 bits per heavy atom. The molecule has 6 heteroatoms. The summed E-state index contributed by atoms with van der Waals surface area (Å²) >= 11 is 0. The molecule has 0 amide bonds. The minimum Gasteiger partial charge on any atom is -0.313 e. The van der Waals surface area contributed by atoms with E-state index in [0.29, 0.717) is 17.5 Å². The van der Waals surface area contributed by atoms with Gasteiger partial charge in [-0.2, -0.15) is 0 Å². The average Bonchev–Trinajstić information content (AvgIpc) is 4.31. The predicted octanol–water partition coefficient (Wildman–Crippen LogP) is 19.0. The second-order valence-corrected chi connectivity index (χ2v) is 21.0. The molecule has 0 aliphatic heterocycles. The number of hydrogen-bond donors (Lipinski definition) is 0. The molecule has 15 aromatic rings. The molecule has 0 saturated heterocycles. The molecule has 0 saturated carbocycles. The smallest absolute Gasteiger partial charge is 0.164 e. The molecule has 1 aliphatic rings. The van der Waals surface area contributed by atoms with Crippen LogP contribution in [0.2, 0.25) is 0 Å². The van der Waals surface area contributed by atoms with Gasteiger partial charge >= 0.3 is 0 Å². The Labute approximate surface area is 468 Å². The van der Waals surface area contributed by atoms with Crippen LogP contribution >= 0.6 is 0 Å². The van der Waals surface area contributed by atoms with Gasteiger partial charge in [0.1, 0.15) is 0 Å². The number of allylic oxidation sites excluding steroid dienone is 1. The highest BCUT2D eigenvalue weighted by Gasteiger charge is 2.26. The Balaban J connectivity index is 0.979. The van der Waals surface area contributed by atoms with E-state index in [0.717, 1.165) is 102 Å². The first-order valence-corrected chi connectivity index (χ1v) is 27.8. The van der Waals surface area contributed by atoms with Gasteiger partial charge < -0.3 is 13.7 Å². The first-order chi connectivity index (χ1) is 40.2. The summed E-state index contributed by atoms with van der Waals surface area (Å²) in [5.74, 6) is 1.81. The van der Waals surface area contributed by atoms with Crippen molar-refractivity contribution in [1.29, 1.82) is 0 Å². The van der Waals surface area contributed by atoms with Gasteiger partial charge in [0.25, 0.3) is 0 Å². The first-order valence-electron chi connectivity index (χ1n) is 27.8. The summed E-state index contributed by atoms with van der Waals surface area (Å²) in [7, 11) is 0. The van der Waals surface area contributed by atoms with Gasteiger partial charge in [-0.05, 0) is 102 Å². The second-order valence-electron chi connectivity index (χ2n) is 21.0. The van der Waals surface area contributed by atoms with Gasteiger partial charge in [-0.25, -0.2) is 15.0 Å². The van der Waals surface area contributed by atoms with Crippen molar-refractivity contribution >= 4 is 60.6 Å². The van der Waals surface area contributed by atoms with Crippen LogP contribution in [0.4, 0.5) is 0 Å². The van der Waals surface area contributed by atoms with Crippen LogP contribution in [-0.4, -0.2) is 28.7 Å². The Morgan fingerprint density at radius 3 is 1.22 bits per heavy atom. The van der Waals surface area contributed by atoms with Crippen molar-refractivity contribution in [3.63, 3.8) is 0 Å². The number of benzene rings is 11. The van der Waals surface area contributed by atoms with Crippen LogP contribution in [-0.2, 0) is 6.42 Å². The second kappa shape index (κ2) is 19.0. The van der Waals surface area contributed by atoms with Crippen LogP contribution < -0.4 is 0 Å². The third kappa shape index (κ3) is 7.75. The summed E-state index contributed by atoms with van der Waals surface area (Å²) in [5.41, 5.74) is 21.0. The molecule has 81 heavy (non-hydrogen) atoms. The van der Waals surface area contributed by atoms with Crippen LogP contribution in [0.1, 0.15) is 17.7 Å². The summed E-state index contributed by atoms with van der Waals surface area (Å²) < 4.78 is 7.47. The highest BCUT2D eigenvalue weighted by molar-refractivity contribution is 6.14. The van der Waals surface area contributed by atoms with Gasteiger partial charge in [-0.3, -0.25) is 0 Å². The summed E-state index contributed by atoms with van der Waals surface area (Å²) in [6.45, 7) is 0. The Hall–Kier alpha value is -10.7. The lowest BCUT2D eigenvalue weighted by Gasteiger charge is -2.21. The maximum atomic E-state index is 5.39. The molecule has 11 aromatic carbocycles. The summed E-state index contributed by atoms with van der Waals surface area (Å²) in [6, 6.07) is 96.1. The highest BCUT2D eigenvalue weighted by Crippen LogP contribution is 2.46. The zero-order valence-corrected chi connectivity index (χ0v) is 44.2. The number of aromatic nitrogens is 6. The molecular weight excluding hydrogens is 985 g/mol. The van der Waals surface area contributed by atoms with Gasteiger partial charge in [0.05, 0.1) is 33.3 Å². The molecule has 0 N–H and O–H groups in total. The molecule has 0 radical (unpaired) electrons. The Bertz CT molecular complexity index is 4840. The Morgan fingerprint density at radius 1 is 0.284 bits per heavy atom. The zero-order chi connectivity index (χ0) is 53.4. The minimum absolute atomic E-state index is 0.590. The monoisotopic (exact) mass is 1030 g/mol. The van der Waals surface area contributed by atoms with Crippen molar-refractivity contribution in [1.82, 2.24) is 28.7 Å². The molecule has 6 nitrogen and oxygen atoms in total. The molecule has 16 rings (SSSR count). The lowest BCUT2D eigenvalue weighted by atomic mass is 9.92. The third-order valence-corrected chi connectivity index (χ3v) is 16.4. The van der Waals surface area contributed by atoms with Gasteiger partial charge in [0, 0.05) is 77.4 Å². The summed E-state index contributed by atoms with van der Waals surface area (Å²) in [6.07, 6.45) is 6.62. The fourth-order valence-corrected chi connectivity index (χ4v) is 12.7. The van der Waals surface area contributed by atoms with E-state index in [1.165, 1.54) is 44.0 Å². The maximum Gasteiger partial charge on any atom is 0.164 e. The fraction of sp³-hybridized carbons (Fsp3) is 0.0267. The zero-order valence-electron chi connectivity index (χ0n) is 44.2. The van der Waals surface area contributed by atoms with Gasteiger partial charge in [-0.1, -0.05) is 212 Å². The summed E-state index contributed by atoms with van der Waals surface area (Å²) in [4.78, 5) is 15.9. The number of fused-ring (bicyclic) bond motifs is 9. The van der Waals surface area contributed by atoms with Crippen molar-refractivity contribution in [3.05, 3.63) is 284 Å². The third-order valence-electron chi connectivity index (χ3n) is 16.4. The topological polar surface area (TPSA) is 53.5 Å². The van der Waals surface area contributed by atoms with Crippen LogP contribution in [0.5, 0.6) is 0 Å². The molecule has 0 bridgehead atoms. The molecular formula is C75H50N6. The highest BCUT2D eigenvalue weighted by atomic mass is 15.0. The lowest BCUT2D eigenvalue weighted by Crippen LogP contribution is -2.05. The van der Waals surface area contributed by atoms with Crippen LogP contribution in [0, 0.1) is 0 Å². The van der Waals surface area contributed by atoms with E-state index >= 15 is 0 Å². The van der Waals surface area contributed by atoms with Crippen LogP contribution in [0.15, 0.2) is 273 Å². The molecule has 4 heterocycles. The molecule has 0 spiro atoms. The number of hydrogen-bond acceptors (Lipinski definition) is 3.